The summed E-state index contributed by atoms with van der Waals surface area (Å²) in [6, 6.07) is 10.2. The molecule has 2 aromatic carbocycles. The van der Waals surface area contributed by atoms with E-state index in [-0.39, 0.29) is 11.6 Å². The minimum Gasteiger partial charge on any atom is -0.493 e. The van der Waals surface area contributed by atoms with E-state index in [1.807, 2.05) is 0 Å². The van der Waals surface area contributed by atoms with Gasteiger partial charge >= 0.3 is 0 Å². The van der Waals surface area contributed by atoms with Crippen LogP contribution in [-0.4, -0.2) is 17.2 Å². The van der Waals surface area contributed by atoms with Gasteiger partial charge in [-0.3, -0.25) is 0 Å². The monoisotopic (exact) mass is 323 g/mol. The first-order chi connectivity index (χ1) is 10.0. The molecule has 0 radical (unpaired) electrons. The zero-order valence-electron chi connectivity index (χ0n) is 11.3. The molecule has 3 N–H and O–H groups in total. The Hall–Kier alpha value is -1.82. The summed E-state index contributed by atoms with van der Waals surface area (Å²) >= 11 is 10.9. The normalized spacial score (nSPS) is 10.2. The minimum atomic E-state index is -0.0737. The second-order valence-corrected chi connectivity index (χ2v) is 5.13. The van der Waals surface area contributed by atoms with Gasteiger partial charge in [0, 0.05) is 5.02 Å². The minimum absolute atomic E-state index is 0.0737. The van der Waals surface area contributed by atoms with Crippen molar-refractivity contribution in [1.29, 1.82) is 0 Å². The molecule has 0 fully saturated rings. The maximum atomic E-state index is 9.14. The van der Waals surface area contributed by atoms with E-state index in [2.05, 4.69) is 0 Å². The fraction of sp³-hybridized carbons (Fsp3) is 0.133. The molecule has 0 bridgehead atoms. The summed E-state index contributed by atoms with van der Waals surface area (Å²) in [5.41, 5.74) is 6.96. The van der Waals surface area contributed by atoms with Crippen molar-refractivity contribution in [3.8, 4) is 17.2 Å². The van der Waals surface area contributed by atoms with Crippen molar-refractivity contribution in [2.24, 2.45) is 5.73 Å². The molecule has 0 saturated heterocycles. The Balaban J connectivity index is 2.40. The van der Waals surface area contributed by atoms with Gasteiger partial charge in [-0.1, -0.05) is 29.9 Å². The molecule has 2 rings (SSSR count). The summed E-state index contributed by atoms with van der Waals surface area (Å²) < 4.78 is 11.1. The Labute approximate surface area is 133 Å². The molecule has 110 valence electrons. The predicted molar refractivity (Wildman–Crippen MR) is 86.3 cm³/mol. The van der Waals surface area contributed by atoms with Crippen LogP contribution in [0.4, 0.5) is 0 Å². The van der Waals surface area contributed by atoms with E-state index in [9.17, 15) is 0 Å². The van der Waals surface area contributed by atoms with E-state index < -0.39 is 0 Å². The number of methoxy groups -OCH3 is 1. The Kier molecular flexibility index (Phi) is 5.01. The molecule has 0 atom stereocenters. The molecule has 6 heteroatoms. The average molecular weight is 324 g/mol. The topological polar surface area (TPSA) is 64.7 Å². The summed E-state index contributed by atoms with van der Waals surface area (Å²) in [6.07, 6.45) is 0. The third-order valence-electron chi connectivity index (χ3n) is 2.84. The number of rotatable bonds is 5. The first-order valence-electron chi connectivity index (χ1n) is 6.10. The Morgan fingerprint density at radius 3 is 2.52 bits per heavy atom. The zero-order valence-corrected chi connectivity index (χ0v) is 12.9. The van der Waals surface area contributed by atoms with Gasteiger partial charge in [-0.15, -0.1) is 0 Å². The lowest BCUT2D eigenvalue weighted by atomic mass is 10.2. The number of halogens is 1. The van der Waals surface area contributed by atoms with E-state index >= 15 is 0 Å². The van der Waals surface area contributed by atoms with Gasteiger partial charge in [0.2, 0.25) is 0 Å². The number of aliphatic hydroxyl groups is 1. The Morgan fingerprint density at radius 2 is 1.90 bits per heavy atom. The second kappa shape index (κ2) is 6.76. The summed E-state index contributed by atoms with van der Waals surface area (Å²) in [5, 5.41) is 9.66. The smallest absolute Gasteiger partial charge is 0.169 e. The van der Waals surface area contributed by atoms with Crippen LogP contribution in [0.1, 0.15) is 11.1 Å². The lowest BCUT2D eigenvalue weighted by Crippen LogP contribution is -2.10. The van der Waals surface area contributed by atoms with Crippen molar-refractivity contribution in [3.05, 3.63) is 52.5 Å². The first kappa shape index (κ1) is 15.6. The lowest BCUT2D eigenvalue weighted by molar-refractivity contribution is 0.280. The number of benzene rings is 2. The van der Waals surface area contributed by atoms with Crippen LogP contribution in [0.5, 0.6) is 17.2 Å². The number of ether oxygens (including phenoxy) is 2. The summed E-state index contributed by atoms with van der Waals surface area (Å²) in [4.78, 5) is 0.193. The third-order valence-corrected chi connectivity index (χ3v) is 3.29. The molecule has 2 aromatic rings. The molecule has 0 aliphatic rings. The number of hydrogen-bond acceptors (Lipinski definition) is 4. The van der Waals surface area contributed by atoms with Crippen molar-refractivity contribution in [2.45, 2.75) is 6.61 Å². The van der Waals surface area contributed by atoms with Gasteiger partial charge in [-0.05, 0) is 35.9 Å². The van der Waals surface area contributed by atoms with E-state index in [4.69, 9.17) is 44.1 Å². The van der Waals surface area contributed by atoms with Crippen molar-refractivity contribution < 1.29 is 14.6 Å². The van der Waals surface area contributed by atoms with Gasteiger partial charge < -0.3 is 20.3 Å². The molecular formula is C15H14ClNO3S. The maximum absolute atomic E-state index is 9.14. The SMILES string of the molecule is COc1cc(CO)ccc1Oc1ccc(Cl)cc1C(N)=S. The summed E-state index contributed by atoms with van der Waals surface area (Å²) in [5.74, 6) is 1.49. The van der Waals surface area contributed by atoms with Gasteiger partial charge in [-0.2, -0.15) is 0 Å². The van der Waals surface area contributed by atoms with Gasteiger partial charge in [0.15, 0.2) is 11.5 Å². The zero-order chi connectivity index (χ0) is 15.4. The van der Waals surface area contributed by atoms with Crippen LogP contribution in [-0.2, 0) is 6.61 Å². The number of aliphatic hydroxyl groups excluding tert-OH is 1. The highest BCUT2D eigenvalue weighted by Crippen LogP contribution is 2.34. The van der Waals surface area contributed by atoms with Crippen LogP contribution in [0.25, 0.3) is 0 Å². The number of thiocarbonyl (C=S) groups is 1. The molecule has 0 aliphatic carbocycles. The van der Waals surface area contributed by atoms with Crippen molar-refractivity contribution in [1.82, 2.24) is 0 Å². The molecule has 21 heavy (non-hydrogen) atoms. The van der Waals surface area contributed by atoms with Crippen LogP contribution < -0.4 is 15.2 Å². The molecule has 0 aliphatic heterocycles. The van der Waals surface area contributed by atoms with E-state index in [0.29, 0.717) is 27.8 Å². The number of nitrogens with two attached hydrogens (primary N) is 1. The Morgan fingerprint density at radius 1 is 1.19 bits per heavy atom. The number of hydrogen-bond donors (Lipinski definition) is 2. The van der Waals surface area contributed by atoms with E-state index in [1.54, 1.807) is 36.4 Å². The second-order valence-electron chi connectivity index (χ2n) is 4.25. The van der Waals surface area contributed by atoms with Crippen LogP contribution in [0.15, 0.2) is 36.4 Å². The van der Waals surface area contributed by atoms with Gasteiger partial charge in [0.25, 0.3) is 0 Å². The first-order valence-corrected chi connectivity index (χ1v) is 6.88. The molecule has 0 aromatic heterocycles. The highest BCUT2D eigenvalue weighted by Gasteiger charge is 2.12. The molecule has 0 amide bonds. The van der Waals surface area contributed by atoms with Gasteiger partial charge in [0.05, 0.1) is 19.3 Å². The van der Waals surface area contributed by atoms with E-state index in [0.717, 1.165) is 5.56 Å². The molecular weight excluding hydrogens is 310 g/mol. The summed E-state index contributed by atoms with van der Waals surface area (Å²) in [7, 11) is 1.53. The molecule has 0 saturated carbocycles. The molecule has 0 heterocycles. The largest absolute Gasteiger partial charge is 0.493 e. The molecule has 4 nitrogen and oxygen atoms in total. The van der Waals surface area contributed by atoms with Crippen molar-refractivity contribution in [3.63, 3.8) is 0 Å². The maximum Gasteiger partial charge on any atom is 0.169 e. The third kappa shape index (κ3) is 3.64. The van der Waals surface area contributed by atoms with Crippen LogP contribution in [0.3, 0.4) is 0 Å². The summed E-state index contributed by atoms with van der Waals surface area (Å²) in [6.45, 7) is -0.0737. The van der Waals surface area contributed by atoms with Gasteiger partial charge in [0.1, 0.15) is 10.7 Å². The van der Waals surface area contributed by atoms with Crippen LogP contribution >= 0.6 is 23.8 Å². The lowest BCUT2D eigenvalue weighted by Gasteiger charge is -2.14. The van der Waals surface area contributed by atoms with E-state index in [1.165, 1.54) is 7.11 Å². The fourth-order valence-electron chi connectivity index (χ4n) is 1.80. The Bertz CT molecular complexity index is 676. The fourth-order valence-corrected chi connectivity index (χ4v) is 2.13. The standard InChI is InChI=1S/C15H14ClNO3S/c1-19-14-6-9(8-18)2-4-13(14)20-12-5-3-10(16)7-11(12)15(17)21/h2-7,18H,8H2,1H3,(H2,17,21). The molecule has 0 spiro atoms. The van der Waals surface area contributed by atoms with Crippen LogP contribution in [0, 0.1) is 0 Å². The van der Waals surface area contributed by atoms with Gasteiger partial charge in [-0.25, -0.2) is 0 Å². The highest BCUT2D eigenvalue weighted by atomic mass is 35.5. The highest BCUT2D eigenvalue weighted by molar-refractivity contribution is 7.80. The van der Waals surface area contributed by atoms with Crippen molar-refractivity contribution in [2.75, 3.05) is 7.11 Å². The quantitative estimate of drug-likeness (QED) is 0.827. The average Bonchev–Trinajstić information content (AvgIpc) is 2.49. The predicted octanol–water partition coefficient (Wildman–Crippen LogP) is 3.27. The van der Waals surface area contributed by atoms with Crippen LogP contribution in [0.2, 0.25) is 5.02 Å². The molecule has 0 unspecified atom stereocenters. The van der Waals surface area contributed by atoms with Crippen molar-refractivity contribution >= 4 is 28.8 Å².